The van der Waals surface area contributed by atoms with Gasteiger partial charge in [0.05, 0.1) is 11.5 Å². The van der Waals surface area contributed by atoms with Crippen LogP contribution >= 0.6 is 0 Å². The van der Waals surface area contributed by atoms with Gasteiger partial charge in [0.15, 0.2) is 9.84 Å². The molecular weight excluding hydrogens is 385 g/mol. The Hall–Kier alpha value is -2.94. The van der Waals surface area contributed by atoms with E-state index >= 15 is 0 Å². The summed E-state index contributed by atoms with van der Waals surface area (Å²) in [6.07, 6.45) is 0.390. The summed E-state index contributed by atoms with van der Waals surface area (Å²) in [4.78, 5) is 24.3. The monoisotopic (exact) mass is 405 g/mol. The first-order chi connectivity index (χ1) is 13.3. The molecule has 0 bridgehead atoms. The number of benzene rings is 2. The summed E-state index contributed by atoms with van der Waals surface area (Å²) in [6, 6.07) is 11.3. The third-order valence-corrected chi connectivity index (χ3v) is 6.08. The number of hydrogen-bond donors (Lipinski definition) is 3. The summed E-state index contributed by atoms with van der Waals surface area (Å²) < 4.78 is 35.8. The molecule has 3 rings (SSSR count). The van der Waals surface area contributed by atoms with Gasteiger partial charge in [0.25, 0.3) is 5.91 Å². The Bertz CT molecular complexity index is 977. The Morgan fingerprint density at radius 1 is 1.11 bits per heavy atom. The molecule has 3 N–H and O–H groups in total. The highest BCUT2D eigenvalue weighted by Gasteiger charge is 2.28. The van der Waals surface area contributed by atoms with Crippen molar-refractivity contribution in [1.29, 1.82) is 0 Å². The van der Waals surface area contributed by atoms with Crippen molar-refractivity contribution in [3.05, 3.63) is 65.5 Å². The molecule has 0 radical (unpaired) electrons. The van der Waals surface area contributed by atoms with Gasteiger partial charge in [-0.2, -0.15) is 0 Å². The van der Waals surface area contributed by atoms with Gasteiger partial charge in [0, 0.05) is 23.8 Å². The molecule has 1 fully saturated rings. The van der Waals surface area contributed by atoms with E-state index < -0.39 is 21.9 Å². The standard InChI is InChI=1S/C19H20FN3O4S/c20-15-6-4-13(5-7-15)11-21-18(24)14-2-1-3-16(10-14)22-19(25)23-17-8-9-28(26,27)12-17/h1-7,10,17H,8-9,11-12H2,(H,21,24)(H2,22,23,25)/t17-/m1/s1. The third kappa shape index (κ3) is 5.53. The van der Waals surface area contributed by atoms with Crippen LogP contribution < -0.4 is 16.0 Å². The number of carbonyl (C=O) groups excluding carboxylic acids is 2. The second-order valence-corrected chi connectivity index (χ2v) is 8.82. The Labute approximate surface area is 162 Å². The minimum Gasteiger partial charge on any atom is -0.348 e. The van der Waals surface area contributed by atoms with Crippen molar-refractivity contribution in [3.8, 4) is 0 Å². The fraction of sp³-hybridized carbons (Fsp3) is 0.263. The molecule has 148 valence electrons. The van der Waals surface area contributed by atoms with Gasteiger partial charge in [-0.25, -0.2) is 17.6 Å². The Kier molecular flexibility index (Phi) is 5.93. The molecular formula is C19H20FN3O4S. The first-order valence-electron chi connectivity index (χ1n) is 8.71. The van der Waals surface area contributed by atoms with E-state index in [0.717, 1.165) is 5.56 Å². The third-order valence-electron chi connectivity index (χ3n) is 4.32. The number of sulfone groups is 1. The van der Waals surface area contributed by atoms with Crippen molar-refractivity contribution in [2.24, 2.45) is 0 Å². The number of anilines is 1. The van der Waals surface area contributed by atoms with Crippen molar-refractivity contribution >= 4 is 27.5 Å². The molecule has 1 aliphatic rings. The van der Waals surface area contributed by atoms with Crippen molar-refractivity contribution in [2.75, 3.05) is 16.8 Å². The number of rotatable bonds is 5. The normalized spacial score (nSPS) is 17.7. The molecule has 0 spiro atoms. The molecule has 1 aliphatic heterocycles. The van der Waals surface area contributed by atoms with Crippen LogP contribution in [0.4, 0.5) is 14.9 Å². The highest BCUT2D eigenvalue weighted by atomic mass is 32.2. The fourth-order valence-corrected chi connectivity index (χ4v) is 4.56. The summed E-state index contributed by atoms with van der Waals surface area (Å²) in [6.45, 7) is 0.243. The average Bonchev–Trinajstić information content (AvgIpc) is 2.99. The van der Waals surface area contributed by atoms with Gasteiger partial charge in [-0.05, 0) is 42.3 Å². The van der Waals surface area contributed by atoms with Gasteiger partial charge >= 0.3 is 6.03 Å². The Morgan fingerprint density at radius 3 is 2.54 bits per heavy atom. The van der Waals surface area contributed by atoms with E-state index in [9.17, 15) is 22.4 Å². The smallest absolute Gasteiger partial charge is 0.319 e. The molecule has 2 aromatic carbocycles. The molecule has 7 nitrogen and oxygen atoms in total. The van der Waals surface area contributed by atoms with Crippen LogP contribution in [0.25, 0.3) is 0 Å². The van der Waals surface area contributed by atoms with Crippen LogP contribution in [0.1, 0.15) is 22.3 Å². The lowest BCUT2D eigenvalue weighted by Crippen LogP contribution is -2.38. The van der Waals surface area contributed by atoms with Crippen LogP contribution in [-0.2, 0) is 16.4 Å². The maximum Gasteiger partial charge on any atom is 0.319 e. The lowest BCUT2D eigenvalue weighted by molar-refractivity contribution is 0.0951. The maximum atomic E-state index is 12.9. The lowest BCUT2D eigenvalue weighted by atomic mass is 10.1. The second-order valence-electron chi connectivity index (χ2n) is 6.59. The zero-order chi connectivity index (χ0) is 20.1. The second kappa shape index (κ2) is 8.39. The largest absolute Gasteiger partial charge is 0.348 e. The molecule has 28 heavy (non-hydrogen) atoms. The average molecular weight is 405 g/mol. The highest BCUT2D eigenvalue weighted by Crippen LogP contribution is 2.13. The van der Waals surface area contributed by atoms with Crippen LogP contribution in [0.15, 0.2) is 48.5 Å². The number of hydrogen-bond acceptors (Lipinski definition) is 4. The first-order valence-corrected chi connectivity index (χ1v) is 10.5. The minimum absolute atomic E-state index is 0.0632. The molecule has 0 aliphatic carbocycles. The quantitative estimate of drug-likeness (QED) is 0.708. The predicted molar refractivity (Wildman–Crippen MR) is 103 cm³/mol. The number of carbonyl (C=O) groups is 2. The van der Waals surface area contributed by atoms with E-state index in [1.165, 1.54) is 18.2 Å². The number of halogens is 1. The summed E-state index contributed by atoms with van der Waals surface area (Å²) in [7, 11) is -3.08. The topological polar surface area (TPSA) is 104 Å². The highest BCUT2D eigenvalue weighted by molar-refractivity contribution is 7.91. The minimum atomic E-state index is -3.08. The molecule has 0 unspecified atom stereocenters. The van der Waals surface area contributed by atoms with Crippen molar-refractivity contribution in [3.63, 3.8) is 0 Å². The molecule has 2 aromatic rings. The van der Waals surface area contributed by atoms with Gasteiger partial charge in [-0.1, -0.05) is 18.2 Å². The van der Waals surface area contributed by atoms with Gasteiger partial charge in [0.1, 0.15) is 5.82 Å². The van der Waals surface area contributed by atoms with E-state index in [0.29, 0.717) is 17.7 Å². The van der Waals surface area contributed by atoms with Crippen molar-refractivity contribution in [1.82, 2.24) is 10.6 Å². The SMILES string of the molecule is O=C(Nc1cccc(C(=O)NCc2ccc(F)cc2)c1)N[C@@H]1CCS(=O)(=O)C1. The summed E-state index contributed by atoms with van der Waals surface area (Å²) in [5.41, 5.74) is 1.52. The lowest BCUT2D eigenvalue weighted by Gasteiger charge is -2.13. The zero-order valence-corrected chi connectivity index (χ0v) is 15.8. The maximum absolute atomic E-state index is 12.9. The van der Waals surface area contributed by atoms with E-state index in [1.807, 2.05) is 0 Å². The van der Waals surface area contributed by atoms with E-state index in [-0.39, 0.29) is 29.8 Å². The molecule has 1 atom stereocenters. The van der Waals surface area contributed by atoms with Crippen LogP contribution in [0, 0.1) is 5.82 Å². The van der Waals surface area contributed by atoms with Crippen molar-refractivity contribution < 1.29 is 22.4 Å². The zero-order valence-electron chi connectivity index (χ0n) is 14.9. The van der Waals surface area contributed by atoms with Gasteiger partial charge in [-0.15, -0.1) is 0 Å². The van der Waals surface area contributed by atoms with Crippen LogP contribution in [0.5, 0.6) is 0 Å². The molecule has 3 amide bonds. The number of amides is 3. The molecule has 0 aromatic heterocycles. The van der Waals surface area contributed by atoms with Crippen LogP contribution in [0.3, 0.4) is 0 Å². The molecule has 1 heterocycles. The van der Waals surface area contributed by atoms with Crippen LogP contribution in [0.2, 0.25) is 0 Å². The first kappa shape index (κ1) is 19.8. The summed E-state index contributed by atoms with van der Waals surface area (Å²) >= 11 is 0. The van der Waals surface area contributed by atoms with E-state index in [4.69, 9.17) is 0 Å². The molecule has 1 saturated heterocycles. The fourth-order valence-electron chi connectivity index (χ4n) is 2.89. The van der Waals surface area contributed by atoms with Crippen molar-refractivity contribution in [2.45, 2.75) is 19.0 Å². The van der Waals surface area contributed by atoms with Gasteiger partial charge < -0.3 is 16.0 Å². The van der Waals surface area contributed by atoms with Gasteiger partial charge in [0.2, 0.25) is 0 Å². The Morgan fingerprint density at radius 2 is 1.86 bits per heavy atom. The number of urea groups is 1. The summed E-state index contributed by atoms with van der Waals surface area (Å²) in [5.74, 6) is -0.675. The predicted octanol–water partition coefficient (Wildman–Crippen LogP) is 2.06. The summed E-state index contributed by atoms with van der Waals surface area (Å²) in [5, 5.41) is 7.95. The van der Waals surface area contributed by atoms with Crippen LogP contribution in [-0.4, -0.2) is 37.9 Å². The Balaban J connectivity index is 1.54. The van der Waals surface area contributed by atoms with E-state index in [2.05, 4.69) is 16.0 Å². The van der Waals surface area contributed by atoms with E-state index in [1.54, 1.807) is 30.3 Å². The molecule has 0 saturated carbocycles. The van der Waals surface area contributed by atoms with Gasteiger partial charge in [-0.3, -0.25) is 4.79 Å². The number of nitrogens with one attached hydrogen (secondary N) is 3. The molecule has 9 heteroatoms.